The molecule has 0 aromatic carbocycles. The molecule has 1 rings (SSSR count). The van der Waals surface area contributed by atoms with Crippen LogP contribution in [0.5, 0.6) is 0 Å². The van der Waals surface area contributed by atoms with Gasteiger partial charge in [-0.05, 0) is 13.0 Å². The zero-order chi connectivity index (χ0) is 6.85. The molecule has 1 aromatic rings. The van der Waals surface area contributed by atoms with E-state index in [1.165, 1.54) is 0 Å². The minimum Gasteiger partial charge on any atom is -0.310 e. The second-order valence-corrected chi connectivity index (χ2v) is 1.82. The number of hydrogen-bond acceptors (Lipinski definition) is 1. The minimum absolute atomic E-state index is 0.178. The molecule has 0 fully saturated rings. The van der Waals surface area contributed by atoms with E-state index in [0.717, 1.165) is 11.4 Å². The molecule has 0 radical (unpaired) electrons. The fourth-order valence-corrected chi connectivity index (χ4v) is 0.689. The molecule has 0 saturated carbocycles. The highest BCUT2D eigenvalue weighted by Crippen LogP contribution is 1.96. The Morgan fingerprint density at radius 3 is 2.44 bits per heavy atom. The first kappa shape index (κ1) is 5.88. The van der Waals surface area contributed by atoms with Crippen LogP contribution in [0, 0.1) is 6.92 Å². The lowest BCUT2D eigenvalue weighted by Crippen LogP contribution is -2.00. The summed E-state index contributed by atoms with van der Waals surface area (Å²) in [6.45, 7) is 5.33. The molecule has 0 bridgehead atoms. The molecule has 0 aliphatic heterocycles. The predicted molar refractivity (Wildman–Crippen MR) is 36.2 cm³/mol. The summed E-state index contributed by atoms with van der Waals surface area (Å²) in [6, 6.07) is 0. The second-order valence-electron chi connectivity index (χ2n) is 1.82. The molecule has 1 aromatic heterocycles. The van der Waals surface area contributed by atoms with E-state index in [-0.39, 0.29) is 5.69 Å². The van der Waals surface area contributed by atoms with Gasteiger partial charge in [0.15, 0.2) is 0 Å². The molecule has 0 aliphatic carbocycles. The van der Waals surface area contributed by atoms with Crippen molar-refractivity contribution in [3.05, 3.63) is 28.5 Å². The van der Waals surface area contributed by atoms with Crippen molar-refractivity contribution in [2.75, 3.05) is 0 Å². The lowest BCUT2D eigenvalue weighted by Gasteiger charge is -1.82. The van der Waals surface area contributed by atoms with E-state index < -0.39 is 0 Å². The molecule has 3 heteroatoms. The van der Waals surface area contributed by atoms with E-state index in [1.807, 2.05) is 6.92 Å². The van der Waals surface area contributed by atoms with Crippen molar-refractivity contribution >= 4 is 6.08 Å². The van der Waals surface area contributed by atoms with Gasteiger partial charge in [-0.15, -0.1) is 0 Å². The molecule has 3 nitrogen and oxygen atoms in total. The van der Waals surface area contributed by atoms with Crippen LogP contribution in [0.15, 0.2) is 11.4 Å². The molecule has 0 spiro atoms. The topological polar surface area (TPSA) is 48.6 Å². The van der Waals surface area contributed by atoms with Gasteiger partial charge >= 0.3 is 5.69 Å². The van der Waals surface area contributed by atoms with E-state index in [9.17, 15) is 4.79 Å². The van der Waals surface area contributed by atoms with Gasteiger partial charge in [0, 0.05) is 5.69 Å². The molecule has 2 N–H and O–H groups in total. The number of nitrogens with one attached hydrogen (secondary N) is 2. The van der Waals surface area contributed by atoms with Crippen molar-refractivity contribution in [3.63, 3.8) is 0 Å². The summed E-state index contributed by atoms with van der Waals surface area (Å²) in [5.74, 6) is 0. The summed E-state index contributed by atoms with van der Waals surface area (Å²) >= 11 is 0. The maximum atomic E-state index is 10.5. The monoisotopic (exact) mass is 124 g/mol. The van der Waals surface area contributed by atoms with Gasteiger partial charge in [0.25, 0.3) is 0 Å². The Labute approximate surface area is 52.4 Å². The molecule has 0 saturated heterocycles. The highest BCUT2D eigenvalue weighted by molar-refractivity contribution is 5.43. The normalized spacial score (nSPS) is 9.44. The van der Waals surface area contributed by atoms with Crippen LogP contribution >= 0.6 is 0 Å². The summed E-state index contributed by atoms with van der Waals surface area (Å²) < 4.78 is 0. The number of aryl methyl sites for hydroxylation is 1. The van der Waals surface area contributed by atoms with Gasteiger partial charge in [-0.3, -0.25) is 0 Å². The summed E-state index contributed by atoms with van der Waals surface area (Å²) in [5.41, 5.74) is 1.41. The Morgan fingerprint density at radius 2 is 2.22 bits per heavy atom. The average molecular weight is 124 g/mol. The fraction of sp³-hybridized carbons (Fsp3) is 0.167. The first-order valence-electron chi connectivity index (χ1n) is 2.65. The quantitative estimate of drug-likeness (QED) is 0.567. The number of aromatic amines is 2. The fourth-order valence-electron chi connectivity index (χ4n) is 0.689. The number of imidazole rings is 1. The third-order valence-corrected chi connectivity index (χ3v) is 1.16. The number of rotatable bonds is 1. The number of hydrogen-bond donors (Lipinski definition) is 2. The molecule has 0 atom stereocenters. The van der Waals surface area contributed by atoms with Gasteiger partial charge in [0.1, 0.15) is 0 Å². The summed E-state index contributed by atoms with van der Waals surface area (Å²) in [7, 11) is 0. The van der Waals surface area contributed by atoms with Crippen molar-refractivity contribution in [1.82, 2.24) is 9.97 Å². The Morgan fingerprint density at radius 1 is 1.56 bits per heavy atom. The lowest BCUT2D eigenvalue weighted by atomic mass is 10.3. The first-order valence-corrected chi connectivity index (χ1v) is 2.65. The van der Waals surface area contributed by atoms with Crippen molar-refractivity contribution in [2.45, 2.75) is 6.92 Å². The van der Waals surface area contributed by atoms with E-state index in [4.69, 9.17) is 0 Å². The number of aromatic nitrogens is 2. The highest BCUT2D eigenvalue weighted by Gasteiger charge is 1.94. The van der Waals surface area contributed by atoms with Crippen LogP contribution in [0.25, 0.3) is 6.08 Å². The van der Waals surface area contributed by atoms with Crippen molar-refractivity contribution in [1.29, 1.82) is 0 Å². The molecule has 48 valence electrons. The lowest BCUT2D eigenvalue weighted by molar-refractivity contribution is 1.16. The predicted octanol–water partition coefficient (Wildman–Crippen LogP) is 0.654. The third-order valence-electron chi connectivity index (χ3n) is 1.16. The zero-order valence-corrected chi connectivity index (χ0v) is 5.19. The molecule has 0 aliphatic rings. The Hall–Kier alpha value is -1.25. The highest BCUT2D eigenvalue weighted by atomic mass is 16.1. The van der Waals surface area contributed by atoms with Crippen molar-refractivity contribution in [2.24, 2.45) is 0 Å². The Kier molecular flexibility index (Phi) is 1.26. The molecule has 0 unspecified atom stereocenters. The summed E-state index contributed by atoms with van der Waals surface area (Å²) in [4.78, 5) is 15.7. The van der Waals surface area contributed by atoms with Gasteiger partial charge < -0.3 is 9.97 Å². The van der Waals surface area contributed by atoms with Crippen molar-refractivity contribution < 1.29 is 0 Å². The smallest absolute Gasteiger partial charge is 0.310 e. The molecule has 0 amide bonds. The third kappa shape index (κ3) is 0.937. The van der Waals surface area contributed by atoms with E-state index in [0.29, 0.717) is 0 Å². The van der Waals surface area contributed by atoms with Gasteiger partial charge in [-0.2, -0.15) is 0 Å². The van der Waals surface area contributed by atoms with Crippen LogP contribution < -0.4 is 5.69 Å². The summed E-state index contributed by atoms with van der Waals surface area (Å²) in [5, 5.41) is 0. The van der Waals surface area contributed by atoms with E-state index in [2.05, 4.69) is 16.5 Å². The largest absolute Gasteiger partial charge is 0.323 e. The first-order chi connectivity index (χ1) is 4.24. The van der Waals surface area contributed by atoms with Crippen LogP contribution in [0.3, 0.4) is 0 Å². The van der Waals surface area contributed by atoms with E-state index >= 15 is 0 Å². The van der Waals surface area contributed by atoms with Crippen LogP contribution in [0.1, 0.15) is 11.4 Å². The SMILES string of the molecule is C=Cc1[nH]c(=O)[nH]c1C. The molecule has 1 heterocycles. The second kappa shape index (κ2) is 1.93. The van der Waals surface area contributed by atoms with Crippen molar-refractivity contribution in [3.8, 4) is 0 Å². The molecule has 9 heavy (non-hydrogen) atoms. The van der Waals surface area contributed by atoms with Crippen LogP contribution in [0.2, 0.25) is 0 Å². The van der Waals surface area contributed by atoms with Gasteiger partial charge in [0.05, 0.1) is 5.69 Å². The Bertz CT molecular complexity index is 269. The van der Waals surface area contributed by atoms with E-state index in [1.54, 1.807) is 6.08 Å². The molecular formula is C6H8N2O. The summed E-state index contributed by atoms with van der Waals surface area (Å²) in [6.07, 6.45) is 1.60. The number of H-pyrrole nitrogens is 2. The van der Waals surface area contributed by atoms with Gasteiger partial charge in [0.2, 0.25) is 0 Å². The van der Waals surface area contributed by atoms with Crippen LogP contribution in [0.4, 0.5) is 0 Å². The standard InChI is InChI=1S/C6H8N2O/c1-3-5-4(2)7-6(9)8-5/h3H,1H2,2H3,(H2,7,8,9). The Balaban J connectivity index is 3.31. The maximum Gasteiger partial charge on any atom is 0.323 e. The van der Waals surface area contributed by atoms with Crippen LogP contribution in [-0.2, 0) is 0 Å². The minimum atomic E-state index is -0.178. The maximum absolute atomic E-state index is 10.5. The van der Waals surface area contributed by atoms with Gasteiger partial charge in [-0.25, -0.2) is 4.79 Å². The van der Waals surface area contributed by atoms with Crippen LogP contribution in [-0.4, -0.2) is 9.97 Å². The van der Waals surface area contributed by atoms with Gasteiger partial charge in [-0.1, -0.05) is 6.58 Å². The zero-order valence-electron chi connectivity index (χ0n) is 5.19. The molecular weight excluding hydrogens is 116 g/mol. The average Bonchev–Trinajstić information content (AvgIpc) is 2.10.